The van der Waals surface area contributed by atoms with Crippen LogP contribution >= 0.6 is 0 Å². The van der Waals surface area contributed by atoms with Crippen molar-refractivity contribution >= 4 is 29.5 Å². The summed E-state index contributed by atoms with van der Waals surface area (Å²) in [5.74, 6) is 1.27. The van der Waals surface area contributed by atoms with Crippen LogP contribution in [0.1, 0.15) is 62.3 Å². The van der Waals surface area contributed by atoms with Crippen LogP contribution in [0.4, 0.5) is 4.79 Å². The average Bonchev–Trinajstić information content (AvgIpc) is 2.84. The molecule has 0 aliphatic carbocycles. The summed E-state index contributed by atoms with van der Waals surface area (Å²) in [6.45, 7) is 17.5. The molecule has 0 saturated carbocycles. The molecular weight excluding hydrogens is 446 g/mol. The van der Waals surface area contributed by atoms with Gasteiger partial charge in [0.1, 0.15) is 5.84 Å². The number of carbonyl (C=O) groups is 4. The van der Waals surface area contributed by atoms with E-state index in [0.717, 1.165) is 17.1 Å². The molecule has 0 spiro atoms. The Hall–Kier alpha value is -2.71. The Labute approximate surface area is 211 Å². The van der Waals surface area contributed by atoms with Gasteiger partial charge in [0.15, 0.2) is 5.78 Å². The Balaban J connectivity index is 0.000000263. The SMILES string of the molecule is CC1=C(C)N(C)C(C)C(C)C1=O.CC1=NC(C)C(C)C(=O)N1C.CC1C(=O)N(C)C(=O)N(C)C1C. The Kier molecular flexibility index (Phi) is 10.2. The fourth-order valence-corrected chi connectivity index (χ4v) is 4.16. The number of aliphatic imine (C=N–C) groups is 1. The number of rotatable bonds is 0. The molecule has 0 bridgehead atoms. The maximum Gasteiger partial charge on any atom is 0.326 e. The van der Waals surface area contributed by atoms with Gasteiger partial charge in [0, 0.05) is 57.5 Å². The molecule has 198 valence electrons. The van der Waals surface area contributed by atoms with Crippen molar-refractivity contribution in [2.45, 2.75) is 80.4 Å². The Bertz CT molecular complexity index is 889. The van der Waals surface area contributed by atoms with Crippen molar-refractivity contribution in [1.82, 2.24) is 19.6 Å². The highest BCUT2D eigenvalue weighted by molar-refractivity contribution is 6.00. The molecule has 0 radical (unpaired) electrons. The average molecular weight is 492 g/mol. The number of urea groups is 1. The number of nitrogens with zero attached hydrogens (tertiary/aromatic N) is 5. The Morgan fingerprint density at radius 3 is 1.60 bits per heavy atom. The second-order valence-corrected chi connectivity index (χ2v) is 10.1. The first-order chi connectivity index (χ1) is 16.0. The second kappa shape index (κ2) is 11.8. The first kappa shape index (κ1) is 30.3. The highest BCUT2D eigenvalue weighted by Gasteiger charge is 2.37. The van der Waals surface area contributed by atoms with Crippen molar-refractivity contribution in [2.75, 3.05) is 28.2 Å². The quantitative estimate of drug-likeness (QED) is 0.519. The van der Waals surface area contributed by atoms with E-state index in [4.69, 9.17) is 0 Å². The minimum Gasteiger partial charge on any atom is -0.374 e. The smallest absolute Gasteiger partial charge is 0.326 e. The molecule has 1 saturated heterocycles. The molecule has 6 unspecified atom stereocenters. The Morgan fingerprint density at radius 1 is 0.629 bits per heavy atom. The van der Waals surface area contributed by atoms with Gasteiger partial charge in [-0.25, -0.2) is 4.79 Å². The van der Waals surface area contributed by atoms with E-state index in [0.29, 0.717) is 11.8 Å². The van der Waals surface area contributed by atoms with Crippen molar-refractivity contribution < 1.29 is 19.2 Å². The highest BCUT2D eigenvalue weighted by atomic mass is 16.2. The van der Waals surface area contributed by atoms with Crippen LogP contribution in [0.2, 0.25) is 0 Å². The van der Waals surface area contributed by atoms with E-state index >= 15 is 0 Å². The minimum absolute atomic E-state index is 0.00111. The molecule has 9 nitrogen and oxygen atoms in total. The van der Waals surface area contributed by atoms with Gasteiger partial charge in [-0.2, -0.15) is 0 Å². The number of allylic oxidation sites excluding steroid dienone is 2. The Morgan fingerprint density at radius 2 is 1.09 bits per heavy atom. The zero-order chi connectivity index (χ0) is 27.5. The summed E-state index contributed by atoms with van der Waals surface area (Å²) in [6.07, 6.45) is 0. The molecule has 3 heterocycles. The first-order valence-corrected chi connectivity index (χ1v) is 12.3. The number of Topliss-reactive ketones (excluding diaryl/α,β-unsaturated/α-hetero) is 1. The number of amidine groups is 1. The number of ketones is 1. The van der Waals surface area contributed by atoms with Crippen molar-refractivity contribution in [3.63, 3.8) is 0 Å². The molecular formula is C26H45N5O4. The van der Waals surface area contributed by atoms with E-state index in [-0.39, 0.29) is 47.7 Å². The van der Waals surface area contributed by atoms with E-state index in [9.17, 15) is 19.2 Å². The second-order valence-electron chi connectivity index (χ2n) is 10.1. The van der Waals surface area contributed by atoms with Crippen LogP contribution < -0.4 is 0 Å². The van der Waals surface area contributed by atoms with Gasteiger partial charge in [-0.1, -0.05) is 20.8 Å². The molecule has 0 aromatic carbocycles. The van der Waals surface area contributed by atoms with Crippen LogP contribution in [0.15, 0.2) is 16.3 Å². The van der Waals surface area contributed by atoms with Gasteiger partial charge < -0.3 is 14.7 Å². The van der Waals surface area contributed by atoms with Gasteiger partial charge in [-0.15, -0.1) is 0 Å². The third-order valence-electron chi connectivity index (χ3n) is 8.15. The van der Waals surface area contributed by atoms with Crippen molar-refractivity contribution in [2.24, 2.45) is 22.7 Å². The maximum atomic E-state index is 11.6. The summed E-state index contributed by atoms with van der Waals surface area (Å²) in [4.78, 5) is 56.6. The zero-order valence-electron chi connectivity index (χ0n) is 23.8. The van der Waals surface area contributed by atoms with Crippen LogP contribution in [-0.2, 0) is 14.4 Å². The maximum absolute atomic E-state index is 11.6. The molecule has 0 aromatic heterocycles. The lowest BCUT2D eigenvalue weighted by Crippen LogP contribution is -2.57. The first-order valence-electron chi connectivity index (χ1n) is 12.3. The fraction of sp³-hybridized carbons (Fsp3) is 0.731. The van der Waals surface area contributed by atoms with Crippen molar-refractivity contribution in [3.05, 3.63) is 11.3 Å². The van der Waals surface area contributed by atoms with Crippen LogP contribution in [-0.4, -0.2) is 95.4 Å². The third-order valence-corrected chi connectivity index (χ3v) is 8.15. The predicted molar refractivity (Wildman–Crippen MR) is 139 cm³/mol. The number of hydrogen-bond acceptors (Lipinski definition) is 6. The zero-order valence-corrected chi connectivity index (χ0v) is 23.8. The van der Waals surface area contributed by atoms with Crippen LogP contribution in [0.3, 0.4) is 0 Å². The van der Waals surface area contributed by atoms with Gasteiger partial charge >= 0.3 is 6.03 Å². The minimum atomic E-state index is -0.217. The monoisotopic (exact) mass is 491 g/mol. The summed E-state index contributed by atoms with van der Waals surface area (Å²) in [5, 5.41) is 0. The number of carbonyl (C=O) groups excluding carboxylic acids is 4. The lowest BCUT2D eigenvalue weighted by atomic mass is 9.88. The van der Waals surface area contributed by atoms with E-state index in [1.54, 1.807) is 23.9 Å². The third kappa shape index (κ3) is 6.30. The molecule has 3 aliphatic heterocycles. The van der Waals surface area contributed by atoms with Gasteiger partial charge in [0.2, 0.25) is 11.8 Å². The lowest BCUT2D eigenvalue weighted by Gasteiger charge is -2.38. The van der Waals surface area contributed by atoms with Crippen molar-refractivity contribution in [3.8, 4) is 0 Å². The molecule has 0 N–H and O–H groups in total. The van der Waals surface area contributed by atoms with Crippen molar-refractivity contribution in [1.29, 1.82) is 0 Å². The van der Waals surface area contributed by atoms with Gasteiger partial charge in [0.05, 0.1) is 17.9 Å². The fourth-order valence-electron chi connectivity index (χ4n) is 4.16. The summed E-state index contributed by atoms with van der Waals surface area (Å²) in [7, 11) is 7.05. The topological polar surface area (TPSA) is 93.6 Å². The molecule has 6 atom stereocenters. The predicted octanol–water partition coefficient (Wildman–Crippen LogP) is 3.26. The van der Waals surface area contributed by atoms with E-state index in [2.05, 4.69) is 16.8 Å². The summed E-state index contributed by atoms with van der Waals surface area (Å²) < 4.78 is 0. The summed E-state index contributed by atoms with van der Waals surface area (Å²) >= 11 is 0. The molecule has 4 amide bonds. The standard InChI is InChI=1S/C10H17NO.C8H14N2O2.C8H14N2O/c1-6-8(3)11(5)9(4)7(2)10(6)12;1-5-6(2)9(3)8(12)10(4)7(5)11;1-5-6(2)9-7(3)10(4)8(5)11/h6,8H,1-5H3;5-6H,1-4H3;5-6H,1-4H3. The van der Waals surface area contributed by atoms with Gasteiger partial charge in [-0.05, 0) is 41.5 Å². The summed E-state index contributed by atoms with van der Waals surface area (Å²) in [6, 6.07) is 0.256. The molecule has 9 heteroatoms. The molecule has 1 fully saturated rings. The van der Waals surface area contributed by atoms with E-state index in [1.807, 2.05) is 62.4 Å². The number of amides is 4. The van der Waals surface area contributed by atoms with Crippen LogP contribution in [0, 0.1) is 17.8 Å². The van der Waals surface area contributed by atoms with Crippen LogP contribution in [0.25, 0.3) is 0 Å². The molecule has 3 rings (SSSR count). The number of hydrogen-bond donors (Lipinski definition) is 0. The highest BCUT2D eigenvalue weighted by Crippen LogP contribution is 2.26. The summed E-state index contributed by atoms with van der Waals surface area (Å²) in [5.41, 5.74) is 2.04. The van der Waals surface area contributed by atoms with Gasteiger partial charge in [-0.3, -0.25) is 24.3 Å². The van der Waals surface area contributed by atoms with E-state index in [1.165, 1.54) is 11.9 Å². The van der Waals surface area contributed by atoms with Gasteiger partial charge in [0.25, 0.3) is 0 Å². The largest absolute Gasteiger partial charge is 0.374 e. The van der Waals surface area contributed by atoms with Crippen LogP contribution in [0.5, 0.6) is 0 Å². The normalized spacial score (nSPS) is 31.6. The number of imide groups is 1. The van der Waals surface area contributed by atoms with E-state index < -0.39 is 0 Å². The molecule has 0 aromatic rings. The molecule has 3 aliphatic rings. The lowest BCUT2D eigenvalue weighted by molar-refractivity contribution is -0.136. The molecule has 35 heavy (non-hydrogen) atoms.